The van der Waals surface area contributed by atoms with Crippen molar-refractivity contribution >= 4 is 96.6 Å². The SMILES string of the molecule is CC(F)(F)COC(=O)C12CC3CC(CC(C3)C1)C2.CS(=O)(=O)[N-]S(=O)(=O)C(F)(F)C(F)(F)C(F)(F)S(=O)(=O)N1CCN(C2CCOC2=O)CC1.Cc1ccc(C(=O)C([S+]2CCOCC2)C(C)(C)C)cc1.O=C(OCC(F)(F)S(=O)(=O)[O-])C12CC3CC(CC(C3)C1)C2.c1ccc([S+](c2ccccc2)c2ccccc2)cc1.c1ccc([S+](c2ccccc2)c2ccccc2)cc1. The van der Waals surface area contributed by atoms with E-state index in [9.17, 15) is 101 Å². The second-order valence-electron chi connectivity index (χ2n) is 35.5. The Hall–Kier alpha value is -7.43. The van der Waals surface area contributed by atoms with Crippen LogP contribution in [0, 0.1) is 58.7 Å². The molecule has 8 saturated carbocycles. The van der Waals surface area contributed by atoms with Crippen LogP contribution in [0.25, 0.3) is 4.13 Å². The Morgan fingerprint density at radius 2 is 0.829 bits per heavy atom. The Labute approximate surface area is 757 Å². The first-order chi connectivity index (χ1) is 60.5. The summed E-state index contributed by atoms with van der Waals surface area (Å²) in [6, 6.07) is 71.5. The Bertz CT molecular complexity index is 5020. The van der Waals surface area contributed by atoms with E-state index in [1.54, 1.807) is 0 Å². The lowest BCUT2D eigenvalue weighted by molar-refractivity contribution is -0.244. The molecule has 3 saturated heterocycles. The van der Waals surface area contributed by atoms with Crippen LogP contribution in [-0.2, 0) is 106 Å². The van der Waals surface area contributed by atoms with Gasteiger partial charge in [-0.1, -0.05) is 160 Å². The van der Waals surface area contributed by atoms with Crippen molar-refractivity contribution in [2.45, 2.75) is 186 Å². The third-order valence-electron chi connectivity index (χ3n) is 24.3. The minimum Gasteiger partial charge on any atom is -0.743 e. The number of ether oxygens (including phenoxy) is 4. The predicted octanol–water partition coefficient (Wildman–Crippen LogP) is 17.8. The van der Waals surface area contributed by atoms with Crippen LogP contribution in [0.1, 0.15) is 127 Å². The molecule has 0 spiro atoms. The van der Waals surface area contributed by atoms with E-state index < -0.39 is 136 Å². The third kappa shape index (κ3) is 25.2. The fourth-order valence-corrected chi connectivity index (χ4v) is 30.2. The molecule has 0 amide bonds. The van der Waals surface area contributed by atoms with Gasteiger partial charge in [0.05, 0.1) is 62.5 Å². The Morgan fingerprint density at radius 3 is 1.12 bits per heavy atom. The van der Waals surface area contributed by atoms with Crippen molar-refractivity contribution in [2.75, 3.05) is 77.0 Å². The van der Waals surface area contributed by atoms with Gasteiger partial charge in [0.1, 0.15) is 17.5 Å². The van der Waals surface area contributed by atoms with Crippen LogP contribution >= 0.6 is 0 Å². The van der Waals surface area contributed by atoms with Gasteiger partial charge in [0.2, 0.25) is 5.78 Å². The summed E-state index contributed by atoms with van der Waals surface area (Å²) in [7, 11) is -24.7. The molecular formula is C92H108F10N3O17S7+. The highest BCUT2D eigenvalue weighted by atomic mass is 32.3. The number of esters is 3. The number of piperazine rings is 1. The maximum absolute atomic E-state index is 14.3. The minimum absolute atomic E-state index is 0.00240. The lowest BCUT2D eigenvalue weighted by Gasteiger charge is -2.55. The highest BCUT2D eigenvalue weighted by molar-refractivity contribution is 8.12. The average Bonchev–Trinajstić information content (AvgIpc) is 0.720. The molecule has 20 nitrogen and oxygen atoms in total. The topological polar surface area (TPSA) is 285 Å². The Morgan fingerprint density at radius 1 is 0.496 bits per heavy atom. The zero-order valence-corrected chi connectivity index (χ0v) is 77.9. The van der Waals surface area contributed by atoms with Gasteiger partial charge in [0, 0.05) is 67.7 Å². The number of nitrogens with zero attached hydrogens (tertiary/aromatic N) is 3. The first-order valence-corrected chi connectivity index (χ1v) is 52.6. The summed E-state index contributed by atoms with van der Waals surface area (Å²) < 4.78 is 257. The van der Waals surface area contributed by atoms with E-state index in [-0.39, 0.29) is 72.9 Å². The summed E-state index contributed by atoms with van der Waals surface area (Å²) in [5.74, 6) is -6.25. The van der Waals surface area contributed by atoms with E-state index in [1.807, 2.05) is 24.3 Å². The van der Waals surface area contributed by atoms with Gasteiger partial charge >= 0.3 is 39.6 Å². The van der Waals surface area contributed by atoms with Crippen LogP contribution in [0.3, 0.4) is 0 Å². The molecule has 2 unspecified atom stereocenters. The zero-order valence-electron chi connectivity index (χ0n) is 72.1. The number of hydrogen-bond acceptors (Lipinski definition) is 18. The predicted molar refractivity (Wildman–Crippen MR) is 471 cm³/mol. The fourth-order valence-electron chi connectivity index (χ4n) is 19.2. The standard InChI is InChI=1S/2C18H15S.C17H25O2S.C14H20F2O2.C13H18F2O5S.C12H16F6N3O8S3/c2*1-4-10-16(11-5-1)19(17-12-6-2-7-13-17)18-14-8-3-9-15-18;1-13-5-7-14(8-6-13)15(18)16(17(2,3)4)20-11-9-19-10-12-20;1-13(15,16)8-18-12(17)14-5-9-2-10(6-14)4-11(3-9)7-14;14-13(15,21(17,18)19)7-20-11(16)12-4-8-1-9(5-12)3-10(2-8)6-12;1-30(23,24)19-31(25,26)11(15,16)10(13,14)12(17,18)32(27,28)21-5-3-20(4-6-21)8-2-7-29-9(8)22/h2*1-15H;5-8,16H,9-12H2,1-4H3;9-11H,2-8H2,1H3;8-10H,1-7H2,(H,17,18,19);8H,2-7H2,1H3/q3*+1;;;-1/p-1. The van der Waals surface area contributed by atoms with Gasteiger partial charge in [0.15, 0.2) is 68.0 Å². The molecule has 11 fully saturated rings. The van der Waals surface area contributed by atoms with Crippen molar-refractivity contribution in [1.82, 2.24) is 9.21 Å². The number of halogens is 10. The van der Waals surface area contributed by atoms with Gasteiger partial charge < -0.3 is 27.6 Å². The van der Waals surface area contributed by atoms with Crippen LogP contribution in [0.5, 0.6) is 0 Å². The summed E-state index contributed by atoms with van der Waals surface area (Å²) in [4.78, 5) is 58.4. The molecule has 7 aromatic rings. The molecule has 2 atom stereocenters. The van der Waals surface area contributed by atoms with Crippen molar-refractivity contribution in [2.24, 2.45) is 51.8 Å². The van der Waals surface area contributed by atoms with Crippen molar-refractivity contribution < 1.29 is 120 Å². The number of aryl methyl sites for hydroxylation is 1. The number of carbonyl (C=O) groups excluding carboxylic acids is 4. The lowest BCUT2D eigenvalue weighted by Crippen LogP contribution is -2.64. The van der Waals surface area contributed by atoms with Gasteiger partial charge in [-0.25, -0.2) is 42.5 Å². The number of carbonyl (C=O) groups is 4. The normalized spacial score (nSPS) is 24.0. The summed E-state index contributed by atoms with van der Waals surface area (Å²) in [5.41, 5.74) is 0.900. The molecule has 18 rings (SSSR count). The van der Waals surface area contributed by atoms with Gasteiger partial charge in [-0.05, 0) is 192 Å². The fraction of sp³-hybridized carbons (Fsp3) is 0.500. The van der Waals surface area contributed by atoms with Crippen molar-refractivity contribution in [1.29, 1.82) is 0 Å². The minimum atomic E-state index is -7.14. The summed E-state index contributed by atoms with van der Waals surface area (Å²) in [6.45, 7) is 5.95. The van der Waals surface area contributed by atoms with E-state index in [0.717, 1.165) is 75.7 Å². The third-order valence-corrected chi connectivity index (χ3v) is 37.3. The molecule has 0 radical (unpaired) electrons. The number of cyclic esters (lactones) is 1. The quantitative estimate of drug-likeness (QED) is 0.0136. The van der Waals surface area contributed by atoms with Crippen molar-refractivity contribution in [3.05, 3.63) is 222 Å². The van der Waals surface area contributed by atoms with Gasteiger partial charge in [0.25, 0.3) is 15.9 Å². The van der Waals surface area contributed by atoms with E-state index >= 15 is 0 Å². The van der Waals surface area contributed by atoms with Crippen LogP contribution < -0.4 is 0 Å². The number of alkyl halides is 10. The Kier molecular flexibility index (Phi) is 33.2. The average molecular weight is 1940 g/mol. The first kappa shape index (κ1) is 102. The first-order valence-electron chi connectivity index (χ1n) is 42.4. The van der Waals surface area contributed by atoms with Crippen LogP contribution in [0.2, 0.25) is 0 Å². The summed E-state index contributed by atoms with van der Waals surface area (Å²) in [5, 5.41) is -18.0. The van der Waals surface area contributed by atoms with Gasteiger partial charge in [-0.3, -0.25) is 24.1 Å². The highest BCUT2D eigenvalue weighted by Gasteiger charge is 2.81. The van der Waals surface area contributed by atoms with Crippen LogP contribution in [0.4, 0.5) is 43.9 Å². The van der Waals surface area contributed by atoms with Gasteiger partial charge in [-0.2, -0.15) is 39.4 Å². The molecule has 704 valence electrons. The molecule has 3 heterocycles. The van der Waals surface area contributed by atoms with Crippen LogP contribution in [0.15, 0.2) is 236 Å². The number of benzene rings is 7. The molecule has 129 heavy (non-hydrogen) atoms. The lowest BCUT2D eigenvalue weighted by atomic mass is 9.49. The number of sulfonamides is 3. The number of ketones is 1. The molecule has 0 N–H and O–H groups in total. The molecule has 7 aromatic carbocycles. The molecule has 3 aliphatic heterocycles. The number of Topliss-reactive ketones (excluding diaryl/α,β-unsaturated/α-hetero) is 1. The second kappa shape index (κ2) is 42.0. The summed E-state index contributed by atoms with van der Waals surface area (Å²) >= 11 is 0. The second-order valence-corrected chi connectivity index (χ2v) is 49.0. The maximum atomic E-state index is 14.3. The van der Waals surface area contributed by atoms with E-state index in [4.69, 9.17) is 14.2 Å². The molecule has 37 heteroatoms. The maximum Gasteiger partial charge on any atom is 0.428 e. The molecule has 8 aliphatic carbocycles. The zero-order chi connectivity index (χ0) is 94.0. The summed E-state index contributed by atoms with van der Waals surface area (Å²) in [6.07, 6.45) is 11.6. The van der Waals surface area contributed by atoms with Crippen LogP contribution in [-0.4, -0.2) is 187 Å². The van der Waals surface area contributed by atoms with Crippen molar-refractivity contribution in [3.8, 4) is 0 Å². The monoisotopic (exact) mass is 1940 g/mol. The van der Waals surface area contributed by atoms with Crippen molar-refractivity contribution in [3.63, 3.8) is 0 Å². The molecule has 8 bridgehead atoms. The highest BCUT2D eigenvalue weighted by Crippen LogP contribution is 2.62. The van der Waals surface area contributed by atoms with Gasteiger partial charge in [-0.15, -0.1) is 0 Å². The largest absolute Gasteiger partial charge is 0.743 e. The molecular weight excluding hydrogens is 1830 g/mol. The Balaban J connectivity index is 0.000000151. The number of rotatable bonds is 24. The molecule has 0 aromatic heterocycles. The number of hydrogen-bond donors (Lipinski definition) is 0. The van der Waals surface area contributed by atoms with E-state index in [1.165, 1.54) is 63.2 Å². The van der Waals surface area contributed by atoms with E-state index in [2.05, 4.69) is 214 Å². The van der Waals surface area contributed by atoms with E-state index in [0.29, 0.717) is 60.6 Å². The smallest absolute Gasteiger partial charge is 0.428 e. The molecule has 11 aliphatic rings.